The summed E-state index contributed by atoms with van der Waals surface area (Å²) in [4.78, 5) is 0. The van der Waals surface area contributed by atoms with E-state index in [1.807, 2.05) is 0 Å². The maximum Gasteiger partial charge on any atom is 0.239 e. The van der Waals surface area contributed by atoms with E-state index in [4.69, 9.17) is 4.43 Å². The zero-order valence-corrected chi connectivity index (χ0v) is 21.5. The van der Waals surface area contributed by atoms with Gasteiger partial charge in [-0.05, 0) is 13.1 Å². The van der Waals surface area contributed by atoms with Crippen LogP contribution in [0.2, 0.25) is 50.4 Å². The molecule has 0 aromatic carbocycles. The second kappa shape index (κ2) is 7.78. The normalized spacial score (nSPS) is 26.2. The van der Waals surface area contributed by atoms with E-state index in [1.165, 1.54) is 24.9 Å². The van der Waals surface area contributed by atoms with Gasteiger partial charge in [-0.25, -0.2) is 0 Å². The standard InChI is InChI=1S/C17H42O3Si4/c1-9-13-23(14-10-2)17(18,19)20-21(5,6)22(7,8)24(23,15-11-3)16-12-4/h18-19H,9-16H2,1-8H3. The summed E-state index contributed by atoms with van der Waals surface area (Å²) in [6.45, 7) is 18.8. The zero-order valence-electron chi connectivity index (χ0n) is 17.5. The minimum absolute atomic E-state index is 1.04. The van der Waals surface area contributed by atoms with Crippen molar-refractivity contribution in [2.75, 3.05) is 0 Å². The van der Waals surface area contributed by atoms with Gasteiger partial charge >= 0.3 is 0 Å². The maximum atomic E-state index is 11.4. The monoisotopic (exact) mass is 406 g/mol. The summed E-state index contributed by atoms with van der Waals surface area (Å²) in [6.07, 6.45) is 4.52. The van der Waals surface area contributed by atoms with Crippen molar-refractivity contribution in [1.29, 1.82) is 0 Å². The van der Waals surface area contributed by atoms with Gasteiger partial charge in [0.05, 0.1) is 14.2 Å². The van der Waals surface area contributed by atoms with Crippen LogP contribution in [0.15, 0.2) is 0 Å². The van der Waals surface area contributed by atoms with Crippen LogP contribution in [0.4, 0.5) is 0 Å². The second-order valence-electron chi connectivity index (χ2n) is 9.01. The van der Waals surface area contributed by atoms with Crippen molar-refractivity contribution in [2.45, 2.75) is 109 Å². The Balaban J connectivity index is 3.80. The number of rotatable bonds is 8. The predicted molar refractivity (Wildman–Crippen MR) is 115 cm³/mol. The van der Waals surface area contributed by atoms with Gasteiger partial charge in [-0.3, -0.25) is 0 Å². The Morgan fingerprint density at radius 3 is 1.42 bits per heavy atom. The van der Waals surface area contributed by atoms with Crippen LogP contribution in [0.1, 0.15) is 53.4 Å². The molecule has 1 rings (SSSR count). The van der Waals surface area contributed by atoms with Crippen molar-refractivity contribution in [2.24, 2.45) is 0 Å². The molecule has 1 heterocycles. The fraction of sp³-hybridized carbons (Fsp3) is 1.00. The molecule has 0 bridgehead atoms. The fourth-order valence-electron chi connectivity index (χ4n) is 5.93. The molecular formula is C17H42O3Si4. The summed E-state index contributed by atoms with van der Waals surface area (Å²) >= 11 is 0. The molecule has 0 spiro atoms. The Bertz CT molecular complexity index is 412. The minimum Gasteiger partial charge on any atom is -0.377 e. The Labute approximate surface area is 153 Å². The molecule has 1 aliphatic heterocycles. The minimum atomic E-state index is -2.33. The molecule has 0 aromatic rings. The van der Waals surface area contributed by atoms with Gasteiger partial charge in [-0.1, -0.05) is 90.6 Å². The van der Waals surface area contributed by atoms with Crippen LogP contribution in [-0.4, -0.2) is 45.5 Å². The van der Waals surface area contributed by atoms with E-state index in [2.05, 4.69) is 53.9 Å². The summed E-state index contributed by atoms with van der Waals surface area (Å²) in [5.41, 5.74) is -1.78. The Kier molecular flexibility index (Phi) is 7.39. The fourth-order valence-corrected chi connectivity index (χ4v) is 86.2. The third-order valence-electron chi connectivity index (χ3n) is 7.35. The first-order valence-corrected chi connectivity index (χ1v) is 23.8. The zero-order chi connectivity index (χ0) is 18.9. The molecule has 0 atom stereocenters. The van der Waals surface area contributed by atoms with Crippen molar-refractivity contribution in [1.82, 2.24) is 0 Å². The van der Waals surface area contributed by atoms with Gasteiger partial charge in [0.2, 0.25) is 5.60 Å². The van der Waals surface area contributed by atoms with Gasteiger partial charge in [0.15, 0.2) is 15.4 Å². The third-order valence-corrected chi connectivity index (χ3v) is 71.7. The summed E-state index contributed by atoms with van der Waals surface area (Å²) in [6, 6.07) is 4.69. The molecule has 144 valence electrons. The van der Waals surface area contributed by atoms with E-state index in [1.54, 1.807) is 0 Å². The topological polar surface area (TPSA) is 49.7 Å². The van der Waals surface area contributed by atoms with Crippen LogP contribution < -0.4 is 0 Å². The Hall–Kier alpha value is 0.748. The first kappa shape index (κ1) is 22.8. The van der Waals surface area contributed by atoms with Crippen LogP contribution in [0, 0.1) is 0 Å². The number of hydrogen-bond donors (Lipinski definition) is 2. The highest BCUT2D eigenvalue weighted by molar-refractivity contribution is 7.84. The van der Waals surface area contributed by atoms with E-state index in [0.29, 0.717) is 0 Å². The highest BCUT2D eigenvalue weighted by atomic mass is 29.8. The van der Waals surface area contributed by atoms with Crippen molar-refractivity contribution < 1.29 is 14.6 Å². The van der Waals surface area contributed by atoms with Gasteiger partial charge in [-0.2, -0.15) is 0 Å². The molecule has 7 heteroatoms. The SMILES string of the molecule is CCC[Si]1(CCC)C(O)(O)O[Si](C)(C)[Si](C)(C)[Si]1(CCC)CCC. The van der Waals surface area contributed by atoms with Gasteiger partial charge in [0, 0.05) is 0 Å². The summed E-state index contributed by atoms with van der Waals surface area (Å²) in [5.74, 6) is 0. The molecule has 1 fully saturated rings. The van der Waals surface area contributed by atoms with Gasteiger partial charge in [0.1, 0.15) is 0 Å². The van der Waals surface area contributed by atoms with E-state index in [9.17, 15) is 10.2 Å². The van der Waals surface area contributed by atoms with Crippen LogP contribution in [0.25, 0.3) is 0 Å². The molecule has 0 unspecified atom stereocenters. The maximum absolute atomic E-state index is 11.4. The molecule has 2 N–H and O–H groups in total. The average Bonchev–Trinajstić information content (AvgIpc) is 2.43. The van der Waals surface area contributed by atoms with Gasteiger partial charge in [0.25, 0.3) is 0 Å². The number of aliphatic hydroxyl groups is 2. The Morgan fingerprint density at radius 1 is 0.708 bits per heavy atom. The lowest BCUT2D eigenvalue weighted by Gasteiger charge is -2.67. The van der Waals surface area contributed by atoms with E-state index < -0.39 is 35.2 Å². The quantitative estimate of drug-likeness (QED) is 0.446. The highest BCUT2D eigenvalue weighted by Crippen LogP contribution is 2.54. The third kappa shape index (κ3) is 3.12. The van der Waals surface area contributed by atoms with Crippen molar-refractivity contribution >= 4 is 29.6 Å². The largest absolute Gasteiger partial charge is 0.377 e. The molecule has 0 amide bonds. The first-order chi connectivity index (χ1) is 10.9. The summed E-state index contributed by atoms with van der Waals surface area (Å²) in [5, 5.41) is 22.8. The van der Waals surface area contributed by atoms with E-state index in [-0.39, 0.29) is 0 Å². The van der Waals surface area contributed by atoms with Crippen LogP contribution >= 0.6 is 0 Å². The summed E-state index contributed by atoms with van der Waals surface area (Å²) < 4.78 is 6.35. The molecule has 0 radical (unpaired) electrons. The molecule has 24 heavy (non-hydrogen) atoms. The van der Waals surface area contributed by atoms with E-state index >= 15 is 0 Å². The lowest BCUT2D eigenvalue weighted by atomic mass is 10.6. The molecule has 1 saturated heterocycles. The first-order valence-electron chi connectivity index (χ1n) is 10.1. The molecular weight excluding hydrogens is 365 g/mol. The van der Waals surface area contributed by atoms with Gasteiger partial charge < -0.3 is 14.6 Å². The van der Waals surface area contributed by atoms with E-state index in [0.717, 1.165) is 24.9 Å². The molecule has 1 aliphatic rings. The second-order valence-corrected chi connectivity index (χ2v) is 45.2. The molecule has 0 aromatic heterocycles. The van der Waals surface area contributed by atoms with Crippen LogP contribution in [-0.2, 0) is 4.43 Å². The molecule has 3 nitrogen and oxygen atoms in total. The number of hydrogen-bond acceptors (Lipinski definition) is 3. The van der Waals surface area contributed by atoms with Crippen LogP contribution in [0.5, 0.6) is 0 Å². The predicted octanol–water partition coefficient (Wildman–Crippen LogP) is 4.88. The van der Waals surface area contributed by atoms with Crippen molar-refractivity contribution in [3.63, 3.8) is 0 Å². The smallest absolute Gasteiger partial charge is 0.239 e. The van der Waals surface area contributed by atoms with Crippen molar-refractivity contribution in [3.8, 4) is 0 Å². The van der Waals surface area contributed by atoms with Crippen molar-refractivity contribution in [3.05, 3.63) is 0 Å². The molecule has 0 saturated carbocycles. The lowest BCUT2D eigenvalue weighted by molar-refractivity contribution is -0.238. The Morgan fingerprint density at radius 2 is 1.08 bits per heavy atom. The molecule has 0 aliphatic carbocycles. The average molecular weight is 407 g/mol. The van der Waals surface area contributed by atoms with Gasteiger partial charge in [-0.15, -0.1) is 0 Å². The summed E-state index contributed by atoms with van der Waals surface area (Å²) in [7, 11) is -7.84. The lowest BCUT2D eigenvalue weighted by Crippen LogP contribution is -2.94. The highest BCUT2D eigenvalue weighted by Gasteiger charge is 2.77. The van der Waals surface area contributed by atoms with Crippen LogP contribution in [0.3, 0.4) is 0 Å².